The van der Waals surface area contributed by atoms with Crippen molar-refractivity contribution in [3.8, 4) is 11.4 Å². The van der Waals surface area contributed by atoms with Gasteiger partial charge in [-0.1, -0.05) is 12.1 Å². The number of hydrogen-bond acceptors (Lipinski definition) is 8. The molecule has 1 unspecified atom stereocenters. The first kappa shape index (κ1) is 19.2. The first-order valence-electron chi connectivity index (χ1n) is 9.15. The third-order valence-corrected chi connectivity index (χ3v) is 5.42. The van der Waals surface area contributed by atoms with E-state index in [2.05, 4.69) is 25.3 Å². The van der Waals surface area contributed by atoms with Gasteiger partial charge in [0.25, 0.3) is 5.69 Å². The summed E-state index contributed by atoms with van der Waals surface area (Å²) in [5, 5.41) is 20.7. The van der Waals surface area contributed by atoms with E-state index in [9.17, 15) is 14.9 Å². The molecule has 150 valence electrons. The van der Waals surface area contributed by atoms with Crippen molar-refractivity contribution >= 4 is 28.1 Å². The number of piperidine rings is 1. The largest absolute Gasteiger partial charge is 0.302 e. The van der Waals surface area contributed by atoms with Gasteiger partial charge < -0.3 is 5.32 Å². The highest BCUT2D eigenvalue weighted by Gasteiger charge is 2.26. The maximum absolute atomic E-state index is 12.5. The van der Waals surface area contributed by atoms with Gasteiger partial charge in [-0.3, -0.25) is 19.8 Å². The topological polar surface area (TPSA) is 119 Å². The molecule has 3 heterocycles. The summed E-state index contributed by atoms with van der Waals surface area (Å²) in [4.78, 5) is 33.5. The van der Waals surface area contributed by atoms with Crippen LogP contribution in [0, 0.1) is 16.0 Å². The van der Waals surface area contributed by atoms with E-state index in [1.165, 1.54) is 23.5 Å². The van der Waals surface area contributed by atoms with Crippen LogP contribution in [0.15, 0.2) is 42.2 Å². The van der Waals surface area contributed by atoms with Gasteiger partial charge in [0.05, 0.1) is 17.5 Å². The van der Waals surface area contributed by atoms with E-state index in [0.717, 1.165) is 19.4 Å². The lowest BCUT2D eigenvalue weighted by atomic mass is 9.97. The average Bonchev–Trinajstić information content (AvgIpc) is 3.40. The molecule has 0 aliphatic carbocycles. The first-order chi connectivity index (χ1) is 14.1. The lowest BCUT2D eigenvalue weighted by Gasteiger charge is -2.31. The molecule has 1 N–H and O–H groups in total. The summed E-state index contributed by atoms with van der Waals surface area (Å²) in [5.41, 5.74) is 0.598. The molecule has 11 heteroatoms. The van der Waals surface area contributed by atoms with Crippen LogP contribution in [0.4, 0.5) is 10.8 Å². The fourth-order valence-electron chi connectivity index (χ4n) is 3.35. The van der Waals surface area contributed by atoms with E-state index in [4.69, 9.17) is 0 Å². The van der Waals surface area contributed by atoms with E-state index in [1.54, 1.807) is 29.3 Å². The highest BCUT2D eigenvalue weighted by Crippen LogP contribution is 2.22. The Morgan fingerprint density at radius 3 is 3.07 bits per heavy atom. The number of nitrogens with one attached hydrogen (secondary N) is 1. The van der Waals surface area contributed by atoms with E-state index >= 15 is 0 Å². The van der Waals surface area contributed by atoms with Gasteiger partial charge in [0.2, 0.25) is 5.91 Å². The lowest BCUT2D eigenvalue weighted by molar-refractivity contribution is -0.384. The minimum Gasteiger partial charge on any atom is -0.302 e. The SMILES string of the molecule is O=C(Nc1nccs1)C1CCCN(Cn2cnc(-c3cccc([N+](=O)[O-])c3)n2)C1. The molecule has 1 atom stereocenters. The maximum atomic E-state index is 12.5. The number of likely N-dealkylation sites (tertiary alicyclic amines) is 1. The van der Waals surface area contributed by atoms with E-state index in [-0.39, 0.29) is 17.5 Å². The van der Waals surface area contributed by atoms with Crippen LogP contribution in [0.2, 0.25) is 0 Å². The molecule has 4 rings (SSSR count). The van der Waals surface area contributed by atoms with E-state index < -0.39 is 4.92 Å². The van der Waals surface area contributed by atoms with Gasteiger partial charge in [-0.15, -0.1) is 16.4 Å². The molecule has 1 amide bonds. The second-order valence-electron chi connectivity index (χ2n) is 6.80. The molecule has 1 aliphatic rings. The Morgan fingerprint density at radius 2 is 2.28 bits per heavy atom. The van der Waals surface area contributed by atoms with Crippen molar-refractivity contribution in [1.29, 1.82) is 0 Å². The molecular formula is C18H19N7O3S. The highest BCUT2D eigenvalue weighted by atomic mass is 32.1. The second kappa shape index (κ2) is 8.45. The highest BCUT2D eigenvalue weighted by molar-refractivity contribution is 7.13. The first-order valence-corrected chi connectivity index (χ1v) is 10.0. The fraction of sp³-hybridized carbons (Fsp3) is 0.333. The molecule has 1 saturated heterocycles. The van der Waals surface area contributed by atoms with Gasteiger partial charge in [-0.2, -0.15) is 0 Å². The predicted octanol–water partition coefficient (Wildman–Crippen LogP) is 2.62. The van der Waals surface area contributed by atoms with Crippen LogP contribution in [0.25, 0.3) is 11.4 Å². The summed E-state index contributed by atoms with van der Waals surface area (Å²) < 4.78 is 1.69. The molecule has 0 saturated carbocycles. The molecule has 0 bridgehead atoms. The predicted molar refractivity (Wildman–Crippen MR) is 107 cm³/mol. The summed E-state index contributed by atoms with van der Waals surface area (Å²) in [6, 6.07) is 6.25. The van der Waals surface area contributed by atoms with Crippen LogP contribution >= 0.6 is 11.3 Å². The number of non-ortho nitro benzene ring substituents is 1. The van der Waals surface area contributed by atoms with Gasteiger partial charge >= 0.3 is 0 Å². The van der Waals surface area contributed by atoms with Gasteiger partial charge in [0, 0.05) is 35.8 Å². The molecule has 3 aromatic rings. The monoisotopic (exact) mass is 413 g/mol. The van der Waals surface area contributed by atoms with E-state index in [1.807, 2.05) is 5.38 Å². The van der Waals surface area contributed by atoms with Crippen LogP contribution in [-0.2, 0) is 11.5 Å². The number of carbonyl (C=O) groups excluding carboxylic acids is 1. The Kier molecular flexibility index (Phi) is 5.58. The van der Waals surface area contributed by atoms with Crippen LogP contribution in [0.5, 0.6) is 0 Å². The van der Waals surface area contributed by atoms with Gasteiger partial charge in [-0.25, -0.2) is 14.6 Å². The molecule has 1 fully saturated rings. The van der Waals surface area contributed by atoms with E-state index in [0.29, 0.717) is 29.7 Å². The number of nitro groups is 1. The van der Waals surface area contributed by atoms with Gasteiger partial charge in [0.15, 0.2) is 11.0 Å². The summed E-state index contributed by atoms with van der Waals surface area (Å²) >= 11 is 1.40. The van der Waals surface area contributed by atoms with Crippen molar-refractivity contribution in [3.05, 3.63) is 52.3 Å². The molecule has 1 aliphatic heterocycles. The second-order valence-corrected chi connectivity index (χ2v) is 7.69. The standard InChI is InChI=1S/C18H19N7O3S/c26-17(21-18-19-6-8-29-18)14-4-2-7-23(10-14)12-24-11-20-16(22-24)13-3-1-5-15(9-13)25(27)28/h1,3,5-6,8-9,11,14H,2,4,7,10,12H2,(H,19,21,26). The molecule has 10 nitrogen and oxygen atoms in total. The van der Waals surface area contributed by atoms with Crippen molar-refractivity contribution in [2.75, 3.05) is 18.4 Å². The number of nitro benzene ring substituents is 1. The Labute approximate surface area is 170 Å². The molecule has 0 radical (unpaired) electrons. The number of thiazole rings is 1. The van der Waals surface area contributed by atoms with Crippen molar-refractivity contribution < 1.29 is 9.72 Å². The number of rotatable bonds is 6. The number of nitrogens with zero attached hydrogens (tertiary/aromatic N) is 6. The van der Waals surface area contributed by atoms with Crippen LogP contribution in [-0.4, -0.2) is 48.6 Å². The number of benzene rings is 1. The fourth-order valence-corrected chi connectivity index (χ4v) is 3.88. The Morgan fingerprint density at radius 1 is 1.38 bits per heavy atom. The summed E-state index contributed by atoms with van der Waals surface area (Å²) in [5.74, 6) is 0.316. The van der Waals surface area contributed by atoms with Crippen LogP contribution < -0.4 is 5.32 Å². The lowest BCUT2D eigenvalue weighted by Crippen LogP contribution is -2.41. The minimum absolute atomic E-state index is 0.00367. The summed E-state index contributed by atoms with van der Waals surface area (Å²) in [6.45, 7) is 2.00. The normalized spacial score (nSPS) is 17.2. The quantitative estimate of drug-likeness (QED) is 0.487. The number of aromatic nitrogens is 4. The number of hydrogen-bond donors (Lipinski definition) is 1. The minimum atomic E-state index is -0.439. The van der Waals surface area contributed by atoms with Crippen molar-refractivity contribution in [1.82, 2.24) is 24.6 Å². The van der Waals surface area contributed by atoms with Crippen LogP contribution in [0.1, 0.15) is 12.8 Å². The third kappa shape index (κ3) is 4.63. The summed E-state index contributed by atoms with van der Waals surface area (Å²) in [6.07, 6.45) is 5.02. The molecule has 2 aromatic heterocycles. The van der Waals surface area contributed by atoms with Gasteiger partial charge in [0.1, 0.15) is 6.33 Å². The van der Waals surface area contributed by atoms with Crippen molar-refractivity contribution in [3.63, 3.8) is 0 Å². The van der Waals surface area contributed by atoms with Gasteiger partial charge in [-0.05, 0) is 19.4 Å². The Balaban J connectivity index is 1.39. The van der Waals surface area contributed by atoms with Crippen LogP contribution in [0.3, 0.4) is 0 Å². The molecule has 0 spiro atoms. The molecule has 1 aromatic carbocycles. The zero-order chi connectivity index (χ0) is 20.2. The third-order valence-electron chi connectivity index (χ3n) is 4.74. The zero-order valence-corrected chi connectivity index (χ0v) is 16.3. The number of amides is 1. The smallest absolute Gasteiger partial charge is 0.270 e. The maximum Gasteiger partial charge on any atom is 0.270 e. The average molecular weight is 413 g/mol. The molecular weight excluding hydrogens is 394 g/mol. The number of anilines is 1. The summed E-state index contributed by atoms with van der Waals surface area (Å²) in [7, 11) is 0. The number of carbonyl (C=O) groups is 1. The Hall–Kier alpha value is -3.18. The molecule has 29 heavy (non-hydrogen) atoms. The van der Waals surface area contributed by atoms with Crippen molar-refractivity contribution in [2.45, 2.75) is 19.5 Å². The zero-order valence-electron chi connectivity index (χ0n) is 15.5. The van der Waals surface area contributed by atoms with Crippen molar-refractivity contribution in [2.24, 2.45) is 5.92 Å². The Bertz CT molecular complexity index is 1000.